The highest BCUT2D eigenvalue weighted by atomic mass is 19.1. The molecule has 0 spiro atoms. The molecule has 1 unspecified atom stereocenters. The van der Waals surface area contributed by atoms with Crippen LogP contribution in [0.5, 0.6) is 0 Å². The number of benzene rings is 2. The molecule has 0 amide bonds. The van der Waals surface area contributed by atoms with E-state index in [0.717, 1.165) is 25.1 Å². The minimum absolute atomic E-state index is 0.298. The molecule has 2 nitrogen and oxygen atoms in total. The summed E-state index contributed by atoms with van der Waals surface area (Å²) in [6.07, 6.45) is 1.39. The van der Waals surface area contributed by atoms with Crippen molar-refractivity contribution in [3.63, 3.8) is 0 Å². The second-order valence-electron chi connectivity index (χ2n) is 5.23. The summed E-state index contributed by atoms with van der Waals surface area (Å²) >= 11 is 0. The van der Waals surface area contributed by atoms with Gasteiger partial charge < -0.3 is 10.0 Å². The maximum atomic E-state index is 14.4. The van der Waals surface area contributed by atoms with E-state index in [1.165, 1.54) is 6.07 Å². The van der Waals surface area contributed by atoms with Gasteiger partial charge >= 0.3 is 0 Å². The van der Waals surface area contributed by atoms with E-state index >= 15 is 0 Å². The molecule has 0 fully saturated rings. The highest BCUT2D eigenvalue weighted by molar-refractivity contribution is 5.64. The fourth-order valence-electron chi connectivity index (χ4n) is 2.31. The van der Waals surface area contributed by atoms with Gasteiger partial charge in [-0.3, -0.25) is 0 Å². The van der Waals surface area contributed by atoms with Crippen molar-refractivity contribution in [1.29, 1.82) is 0 Å². The first-order chi connectivity index (χ1) is 10.1. The van der Waals surface area contributed by atoms with Gasteiger partial charge in [-0.25, -0.2) is 4.39 Å². The molecule has 0 aromatic heterocycles. The number of aliphatic hydroxyl groups is 1. The Balaban J connectivity index is 2.37. The maximum absolute atomic E-state index is 14.4. The molecule has 2 rings (SSSR count). The van der Waals surface area contributed by atoms with Crippen LogP contribution in [-0.4, -0.2) is 11.7 Å². The van der Waals surface area contributed by atoms with Crippen molar-refractivity contribution >= 4 is 11.4 Å². The first-order valence-corrected chi connectivity index (χ1v) is 7.43. The first kappa shape index (κ1) is 15.5. The van der Waals surface area contributed by atoms with E-state index in [1.807, 2.05) is 35.2 Å². The Labute approximate surface area is 125 Å². The van der Waals surface area contributed by atoms with Gasteiger partial charge in [-0.05, 0) is 43.2 Å². The summed E-state index contributed by atoms with van der Waals surface area (Å²) in [5.41, 5.74) is 2.13. The number of halogens is 1. The Morgan fingerprint density at radius 3 is 2.43 bits per heavy atom. The SMILES string of the molecule is CCCCN(c1ccccc1)c1ccc(C(C)O)cc1F. The number of aliphatic hydroxyl groups excluding tert-OH is 1. The molecule has 3 heteroatoms. The number of nitrogens with zero attached hydrogens (tertiary/aromatic N) is 1. The number of anilines is 2. The van der Waals surface area contributed by atoms with Gasteiger partial charge in [0.1, 0.15) is 5.82 Å². The first-order valence-electron chi connectivity index (χ1n) is 7.43. The molecule has 0 bridgehead atoms. The monoisotopic (exact) mass is 287 g/mol. The molecule has 0 aliphatic rings. The van der Waals surface area contributed by atoms with Crippen molar-refractivity contribution in [3.8, 4) is 0 Å². The lowest BCUT2D eigenvalue weighted by Crippen LogP contribution is -2.19. The average molecular weight is 287 g/mol. The van der Waals surface area contributed by atoms with Crippen LogP contribution in [0, 0.1) is 5.82 Å². The van der Waals surface area contributed by atoms with Gasteiger partial charge in [0.2, 0.25) is 0 Å². The van der Waals surface area contributed by atoms with Gasteiger partial charge in [-0.2, -0.15) is 0 Å². The largest absolute Gasteiger partial charge is 0.389 e. The number of unbranched alkanes of at least 4 members (excludes halogenated alkanes) is 1. The van der Waals surface area contributed by atoms with Crippen LogP contribution in [0.2, 0.25) is 0 Å². The molecule has 21 heavy (non-hydrogen) atoms. The lowest BCUT2D eigenvalue weighted by Gasteiger charge is -2.26. The highest BCUT2D eigenvalue weighted by Gasteiger charge is 2.14. The Kier molecular flexibility index (Phi) is 5.34. The third kappa shape index (κ3) is 3.82. The van der Waals surface area contributed by atoms with Gasteiger partial charge in [-0.15, -0.1) is 0 Å². The minimum Gasteiger partial charge on any atom is -0.389 e. The van der Waals surface area contributed by atoms with Gasteiger partial charge in [0, 0.05) is 12.2 Å². The van der Waals surface area contributed by atoms with Crippen LogP contribution >= 0.6 is 0 Å². The molecule has 0 saturated heterocycles. The number of para-hydroxylation sites is 1. The zero-order valence-corrected chi connectivity index (χ0v) is 12.6. The molecule has 0 aliphatic heterocycles. The van der Waals surface area contributed by atoms with E-state index in [1.54, 1.807) is 19.1 Å². The van der Waals surface area contributed by atoms with E-state index in [9.17, 15) is 9.50 Å². The Bertz CT molecular complexity index is 569. The van der Waals surface area contributed by atoms with Crippen molar-refractivity contribution in [2.45, 2.75) is 32.8 Å². The summed E-state index contributed by atoms with van der Waals surface area (Å²) in [6, 6.07) is 14.8. The Morgan fingerprint density at radius 2 is 1.86 bits per heavy atom. The predicted octanol–water partition coefficient (Wildman–Crippen LogP) is 4.82. The summed E-state index contributed by atoms with van der Waals surface area (Å²) < 4.78 is 14.4. The van der Waals surface area contributed by atoms with Crippen LogP contribution in [0.3, 0.4) is 0 Å². The second kappa shape index (κ2) is 7.23. The predicted molar refractivity (Wildman–Crippen MR) is 85.4 cm³/mol. The van der Waals surface area contributed by atoms with Crippen LogP contribution in [-0.2, 0) is 0 Å². The van der Waals surface area contributed by atoms with Crippen molar-refractivity contribution < 1.29 is 9.50 Å². The summed E-state index contributed by atoms with van der Waals surface area (Å²) in [5, 5.41) is 9.56. The van der Waals surface area contributed by atoms with Crippen molar-refractivity contribution in [3.05, 3.63) is 59.9 Å². The van der Waals surface area contributed by atoms with Crippen LogP contribution in [0.15, 0.2) is 48.5 Å². The standard InChI is InChI=1S/C18H22FNO/c1-3-4-12-20(16-8-6-5-7-9-16)18-11-10-15(14(2)21)13-17(18)19/h5-11,13-14,21H,3-4,12H2,1-2H3. The lowest BCUT2D eigenvalue weighted by molar-refractivity contribution is 0.199. The Hall–Kier alpha value is -1.87. The lowest BCUT2D eigenvalue weighted by atomic mass is 10.1. The number of rotatable bonds is 6. The summed E-state index contributed by atoms with van der Waals surface area (Å²) in [6.45, 7) is 4.53. The smallest absolute Gasteiger partial charge is 0.147 e. The van der Waals surface area contributed by atoms with Gasteiger partial charge in [0.15, 0.2) is 0 Å². The molecule has 112 valence electrons. The molecule has 0 radical (unpaired) electrons. The van der Waals surface area contributed by atoms with Crippen molar-refractivity contribution in [1.82, 2.24) is 0 Å². The molecule has 0 aliphatic carbocycles. The summed E-state index contributed by atoms with van der Waals surface area (Å²) in [4.78, 5) is 1.99. The summed E-state index contributed by atoms with van der Waals surface area (Å²) in [7, 11) is 0. The van der Waals surface area contributed by atoms with E-state index in [4.69, 9.17) is 0 Å². The molecule has 2 aromatic carbocycles. The van der Waals surface area contributed by atoms with Crippen LogP contribution < -0.4 is 4.90 Å². The second-order valence-corrected chi connectivity index (χ2v) is 5.23. The van der Waals surface area contributed by atoms with Gasteiger partial charge in [0.05, 0.1) is 11.8 Å². The molecule has 1 atom stereocenters. The minimum atomic E-state index is -0.658. The molecule has 1 N–H and O–H groups in total. The van der Waals surface area contributed by atoms with Crippen LogP contribution in [0.25, 0.3) is 0 Å². The van der Waals surface area contributed by atoms with E-state index < -0.39 is 6.10 Å². The van der Waals surface area contributed by atoms with E-state index in [2.05, 4.69) is 6.92 Å². The molecule has 2 aromatic rings. The fourth-order valence-corrected chi connectivity index (χ4v) is 2.31. The van der Waals surface area contributed by atoms with Gasteiger partial charge in [0.25, 0.3) is 0 Å². The third-order valence-corrected chi connectivity index (χ3v) is 3.55. The fraction of sp³-hybridized carbons (Fsp3) is 0.333. The van der Waals surface area contributed by atoms with Crippen LogP contribution in [0.1, 0.15) is 38.4 Å². The maximum Gasteiger partial charge on any atom is 0.147 e. The molecular formula is C18H22FNO. The normalized spacial score (nSPS) is 12.2. The average Bonchev–Trinajstić information content (AvgIpc) is 2.50. The van der Waals surface area contributed by atoms with Crippen LogP contribution in [0.4, 0.5) is 15.8 Å². The summed E-state index contributed by atoms with van der Waals surface area (Å²) in [5.74, 6) is -0.298. The topological polar surface area (TPSA) is 23.5 Å². The molecule has 0 heterocycles. The zero-order valence-electron chi connectivity index (χ0n) is 12.6. The molecule has 0 saturated carbocycles. The Morgan fingerprint density at radius 1 is 1.14 bits per heavy atom. The quantitative estimate of drug-likeness (QED) is 0.823. The van der Waals surface area contributed by atoms with Crippen molar-refractivity contribution in [2.75, 3.05) is 11.4 Å². The highest BCUT2D eigenvalue weighted by Crippen LogP contribution is 2.30. The zero-order chi connectivity index (χ0) is 15.2. The van der Waals surface area contributed by atoms with E-state index in [0.29, 0.717) is 11.3 Å². The molecular weight excluding hydrogens is 265 g/mol. The van der Waals surface area contributed by atoms with Gasteiger partial charge in [-0.1, -0.05) is 37.6 Å². The van der Waals surface area contributed by atoms with E-state index in [-0.39, 0.29) is 5.82 Å². The number of hydrogen-bond acceptors (Lipinski definition) is 2. The number of hydrogen-bond donors (Lipinski definition) is 1. The third-order valence-electron chi connectivity index (χ3n) is 3.55. The van der Waals surface area contributed by atoms with Crippen molar-refractivity contribution in [2.24, 2.45) is 0 Å².